The Hall–Kier alpha value is -2.64. The number of carbonyl (C=O) groups excluding carboxylic acids is 2. The second-order valence-electron chi connectivity index (χ2n) is 6.93. The molecule has 3 heterocycles. The molecule has 0 aromatic carbocycles. The number of hydrogen-bond donors (Lipinski definition) is 2. The summed E-state index contributed by atoms with van der Waals surface area (Å²) < 4.78 is 0. The molecular weight excluding hydrogens is 324 g/mol. The molecule has 0 bridgehead atoms. The summed E-state index contributed by atoms with van der Waals surface area (Å²) in [5.41, 5.74) is 5.62. The summed E-state index contributed by atoms with van der Waals surface area (Å²) in [7, 11) is 0. The first-order chi connectivity index (χ1) is 11.8. The minimum atomic E-state index is -0.949. The van der Waals surface area contributed by atoms with E-state index in [1.165, 1.54) is 11.8 Å². The molecule has 2 fully saturated rings. The van der Waals surface area contributed by atoms with Gasteiger partial charge in [0.1, 0.15) is 11.9 Å². The molecule has 0 saturated carbocycles. The summed E-state index contributed by atoms with van der Waals surface area (Å²) in [6.07, 6.45) is 3.59. The highest BCUT2D eigenvalue weighted by atomic mass is 16.4. The maximum Gasteiger partial charge on any atom is 0.326 e. The normalized spacial score (nSPS) is 22.2. The van der Waals surface area contributed by atoms with Gasteiger partial charge in [-0.1, -0.05) is 0 Å². The van der Waals surface area contributed by atoms with E-state index in [1.807, 2.05) is 4.90 Å². The fourth-order valence-corrected chi connectivity index (χ4v) is 4.00. The molecule has 1 aromatic heterocycles. The van der Waals surface area contributed by atoms with Gasteiger partial charge >= 0.3 is 5.97 Å². The predicted molar refractivity (Wildman–Crippen MR) is 90.1 cm³/mol. The molecule has 8 nitrogen and oxygen atoms in total. The lowest BCUT2D eigenvalue weighted by Crippen LogP contribution is -2.43. The molecule has 0 unspecified atom stereocenters. The second kappa shape index (κ2) is 6.34. The Morgan fingerprint density at radius 3 is 2.52 bits per heavy atom. The van der Waals surface area contributed by atoms with Crippen molar-refractivity contribution in [2.45, 2.75) is 32.2 Å². The molecule has 2 saturated heterocycles. The predicted octanol–water partition coefficient (Wildman–Crippen LogP) is 0.473. The molecule has 1 spiro atoms. The van der Waals surface area contributed by atoms with Crippen LogP contribution in [-0.4, -0.2) is 58.5 Å². The minimum absolute atomic E-state index is 0.188. The molecule has 0 radical (unpaired) electrons. The van der Waals surface area contributed by atoms with E-state index in [4.69, 9.17) is 5.73 Å². The van der Waals surface area contributed by atoms with Gasteiger partial charge in [0.15, 0.2) is 0 Å². The zero-order chi connectivity index (χ0) is 18.2. The number of anilines is 1. The Morgan fingerprint density at radius 1 is 1.32 bits per heavy atom. The van der Waals surface area contributed by atoms with Gasteiger partial charge in [-0.3, -0.25) is 9.59 Å². The number of nitrogens with zero attached hydrogens (tertiary/aromatic N) is 3. The van der Waals surface area contributed by atoms with E-state index in [1.54, 1.807) is 18.3 Å². The number of carbonyl (C=O) groups is 3. The lowest BCUT2D eigenvalue weighted by Gasteiger charge is -2.40. The van der Waals surface area contributed by atoms with Crippen LogP contribution in [0.4, 0.5) is 5.82 Å². The van der Waals surface area contributed by atoms with Crippen LogP contribution >= 0.6 is 0 Å². The molecule has 2 aliphatic rings. The summed E-state index contributed by atoms with van der Waals surface area (Å²) in [5, 5.41) is 9.41. The smallest absolute Gasteiger partial charge is 0.326 e. The molecule has 2 aliphatic heterocycles. The third-order valence-electron chi connectivity index (χ3n) is 5.37. The van der Waals surface area contributed by atoms with Crippen molar-refractivity contribution in [1.82, 2.24) is 9.88 Å². The number of likely N-dealkylation sites (tertiary alicyclic amines) is 1. The first-order valence-corrected chi connectivity index (χ1v) is 8.33. The van der Waals surface area contributed by atoms with Crippen LogP contribution in [0.15, 0.2) is 18.3 Å². The third kappa shape index (κ3) is 3.16. The van der Waals surface area contributed by atoms with Gasteiger partial charge in [-0.2, -0.15) is 0 Å². The van der Waals surface area contributed by atoms with Crippen molar-refractivity contribution >= 4 is 23.6 Å². The van der Waals surface area contributed by atoms with Crippen LogP contribution in [0.2, 0.25) is 0 Å². The lowest BCUT2D eigenvalue weighted by molar-refractivity contribution is -0.147. The Labute approximate surface area is 145 Å². The number of nitrogens with two attached hydrogens (primary N) is 1. The Bertz CT molecular complexity index is 688. The van der Waals surface area contributed by atoms with Crippen LogP contribution in [0.25, 0.3) is 0 Å². The maximum absolute atomic E-state index is 11.8. The summed E-state index contributed by atoms with van der Waals surface area (Å²) in [6, 6.07) is 2.58. The Kier molecular flexibility index (Phi) is 4.36. The molecular formula is C17H22N4O4. The number of primary amides is 1. The minimum Gasteiger partial charge on any atom is -0.480 e. The summed E-state index contributed by atoms with van der Waals surface area (Å²) in [5.74, 6) is -1.10. The highest BCUT2D eigenvalue weighted by Gasteiger charge is 2.49. The Morgan fingerprint density at radius 2 is 2.00 bits per heavy atom. The van der Waals surface area contributed by atoms with Gasteiger partial charge in [0.05, 0.1) is 5.56 Å². The zero-order valence-electron chi connectivity index (χ0n) is 14.1. The molecule has 3 rings (SSSR count). The molecule has 25 heavy (non-hydrogen) atoms. The van der Waals surface area contributed by atoms with Crippen LogP contribution < -0.4 is 10.6 Å². The van der Waals surface area contributed by atoms with E-state index in [9.17, 15) is 19.5 Å². The lowest BCUT2D eigenvalue weighted by atomic mass is 9.76. The van der Waals surface area contributed by atoms with Crippen molar-refractivity contribution in [1.29, 1.82) is 0 Å². The van der Waals surface area contributed by atoms with Crippen molar-refractivity contribution in [2.75, 3.05) is 24.5 Å². The van der Waals surface area contributed by atoms with Crippen molar-refractivity contribution < 1.29 is 19.5 Å². The average Bonchev–Trinajstić information content (AvgIpc) is 2.95. The fourth-order valence-electron chi connectivity index (χ4n) is 4.00. The largest absolute Gasteiger partial charge is 0.480 e. The third-order valence-corrected chi connectivity index (χ3v) is 5.37. The number of carboxylic acid groups (broad SMARTS) is 1. The number of rotatable bonds is 3. The molecule has 2 amide bonds. The summed E-state index contributed by atoms with van der Waals surface area (Å²) in [6.45, 7) is 3.18. The average molecular weight is 346 g/mol. The van der Waals surface area contributed by atoms with E-state index in [2.05, 4.69) is 4.98 Å². The van der Waals surface area contributed by atoms with Crippen LogP contribution in [0.3, 0.4) is 0 Å². The molecule has 134 valence electrons. The zero-order valence-corrected chi connectivity index (χ0v) is 14.1. The monoisotopic (exact) mass is 346 g/mol. The highest BCUT2D eigenvalue weighted by Crippen LogP contribution is 2.44. The topological polar surface area (TPSA) is 117 Å². The number of aliphatic carboxylic acids is 1. The Balaban J connectivity index is 1.75. The van der Waals surface area contributed by atoms with Crippen molar-refractivity contribution in [2.24, 2.45) is 11.1 Å². The van der Waals surface area contributed by atoms with Crippen molar-refractivity contribution in [3.05, 3.63) is 23.9 Å². The molecule has 1 aromatic rings. The second-order valence-corrected chi connectivity index (χ2v) is 6.93. The van der Waals surface area contributed by atoms with E-state index in [0.29, 0.717) is 37.4 Å². The van der Waals surface area contributed by atoms with E-state index in [-0.39, 0.29) is 11.3 Å². The first-order valence-electron chi connectivity index (χ1n) is 8.33. The number of hydrogen-bond acceptors (Lipinski definition) is 5. The van der Waals surface area contributed by atoms with Crippen LogP contribution in [-0.2, 0) is 9.59 Å². The van der Waals surface area contributed by atoms with E-state index in [0.717, 1.165) is 12.8 Å². The van der Waals surface area contributed by atoms with Gasteiger partial charge in [0.25, 0.3) is 5.91 Å². The number of amides is 2. The quantitative estimate of drug-likeness (QED) is 0.822. The van der Waals surface area contributed by atoms with Crippen molar-refractivity contribution in [3.63, 3.8) is 0 Å². The molecule has 1 atom stereocenters. The van der Waals surface area contributed by atoms with Crippen LogP contribution in [0, 0.1) is 5.41 Å². The van der Waals surface area contributed by atoms with Gasteiger partial charge in [0, 0.05) is 32.8 Å². The van der Waals surface area contributed by atoms with Crippen LogP contribution in [0.1, 0.15) is 36.5 Å². The number of pyridine rings is 1. The highest BCUT2D eigenvalue weighted by molar-refractivity contribution is 5.97. The number of aromatic nitrogens is 1. The summed E-state index contributed by atoms with van der Waals surface area (Å²) in [4.78, 5) is 42.6. The van der Waals surface area contributed by atoms with Gasteiger partial charge in [-0.05, 0) is 36.8 Å². The fraction of sp³-hybridized carbons (Fsp3) is 0.529. The number of carboxylic acids is 1. The van der Waals surface area contributed by atoms with Gasteiger partial charge < -0.3 is 20.6 Å². The van der Waals surface area contributed by atoms with Gasteiger partial charge in [0.2, 0.25) is 5.91 Å². The molecule has 3 N–H and O–H groups in total. The molecule has 0 aliphatic carbocycles. The van der Waals surface area contributed by atoms with E-state index >= 15 is 0 Å². The SMILES string of the molecule is CC(=O)N1CC2(CCN(c3ncccc3C(N)=O)CC2)C[C@@H]1C(=O)O. The number of piperidine rings is 1. The van der Waals surface area contributed by atoms with Gasteiger partial charge in [-0.25, -0.2) is 9.78 Å². The van der Waals surface area contributed by atoms with Gasteiger partial charge in [-0.15, -0.1) is 0 Å². The maximum atomic E-state index is 11.8. The summed E-state index contributed by atoms with van der Waals surface area (Å²) >= 11 is 0. The van der Waals surface area contributed by atoms with Crippen molar-refractivity contribution in [3.8, 4) is 0 Å². The van der Waals surface area contributed by atoms with Crippen LogP contribution in [0.5, 0.6) is 0 Å². The van der Waals surface area contributed by atoms with E-state index < -0.39 is 17.9 Å². The first kappa shape index (κ1) is 17.2. The molecule has 8 heteroatoms. The standard InChI is InChI=1S/C17H22N4O4/c1-11(22)21-10-17(9-13(21)16(24)25)4-7-20(8-5-17)15-12(14(18)23)3-2-6-19-15/h2-3,6,13H,4-5,7-10H2,1H3,(H2,18,23)(H,24,25)/t13-/m1/s1.